The Morgan fingerprint density at radius 3 is 2.45 bits per heavy atom. The van der Waals surface area contributed by atoms with E-state index in [4.69, 9.17) is 5.11 Å². The highest BCUT2D eigenvalue weighted by Crippen LogP contribution is 2.20. The van der Waals surface area contributed by atoms with Gasteiger partial charge in [-0.15, -0.1) is 0 Å². The van der Waals surface area contributed by atoms with Crippen molar-refractivity contribution in [1.82, 2.24) is 10.2 Å². The molecule has 2 amide bonds. The molecule has 6 heteroatoms. The van der Waals surface area contributed by atoms with Crippen LogP contribution in [0.4, 0.5) is 0 Å². The fourth-order valence-corrected chi connectivity index (χ4v) is 2.56. The Kier molecular flexibility index (Phi) is 6.84. The van der Waals surface area contributed by atoms with Crippen molar-refractivity contribution in [3.8, 4) is 0 Å². The van der Waals surface area contributed by atoms with Gasteiger partial charge in [0.2, 0.25) is 11.8 Å². The minimum atomic E-state index is -0.926. The average molecular weight is 312 g/mol. The van der Waals surface area contributed by atoms with Crippen molar-refractivity contribution in [1.29, 1.82) is 0 Å². The molecule has 0 aromatic carbocycles. The molecule has 0 aromatic heterocycles. The Hall–Kier alpha value is -1.59. The average Bonchev–Trinajstić information content (AvgIpc) is 2.52. The van der Waals surface area contributed by atoms with E-state index in [1.165, 1.54) is 0 Å². The second-order valence-electron chi connectivity index (χ2n) is 6.36. The van der Waals surface area contributed by atoms with Gasteiger partial charge in [0, 0.05) is 25.0 Å². The van der Waals surface area contributed by atoms with E-state index in [9.17, 15) is 14.4 Å². The first-order valence-corrected chi connectivity index (χ1v) is 8.09. The van der Waals surface area contributed by atoms with Crippen molar-refractivity contribution in [2.45, 2.75) is 53.0 Å². The summed E-state index contributed by atoms with van der Waals surface area (Å²) in [5.41, 5.74) is 0. The van der Waals surface area contributed by atoms with E-state index in [2.05, 4.69) is 5.32 Å². The molecule has 0 aromatic rings. The molecule has 1 aliphatic heterocycles. The number of nitrogens with one attached hydrogen (secondary N) is 1. The molecule has 2 N–H and O–H groups in total. The molecule has 0 radical (unpaired) electrons. The van der Waals surface area contributed by atoms with Gasteiger partial charge >= 0.3 is 5.97 Å². The first-order valence-electron chi connectivity index (χ1n) is 8.09. The summed E-state index contributed by atoms with van der Waals surface area (Å²) >= 11 is 0. The minimum absolute atomic E-state index is 0.0206. The third-order valence-corrected chi connectivity index (χ3v) is 4.65. The fourth-order valence-electron chi connectivity index (χ4n) is 2.56. The van der Waals surface area contributed by atoms with Crippen molar-refractivity contribution in [3.05, 3.63) is 0 Å². The van der Waals surface area contributed by atoms with E-state index in [0.29, 0.717) is 13.1 Å². The summed E-state index contributed by atoms with van der Waals surface area (Å²) in [6.45, 7) is 8.29. The number of hydrogen-bond donors (Lipinski definition) is 2. The van der Waals surface area contributed by atoms with E-state index in [0.717, 1.165) is 19.3 Å². The zero-order valence-electron chi connectivity index (χ0n) is 14.0. The lowest BCUT2D eigenvalue weighted by atomic mass is 9.94. The minimum Gasteiger partial charge on any atom is -0.481 e. The van der Waals surface area contributed by atoms with Crippen LogP contribution in [0.25, 0.3) is 0 Å². The third-order valence-electron chi connectivity index (χ3n) is 4.65. The van der Waals surface area contributed by atoms with Crippen molar-refractivity contribution < 1.29 is 19.5 Å². The Balaban J connectivity index is 2.59. The number of likely N-dealkylation sites (tertiary alicyclic amines) is 1. The maximum Gasteiger partial charge on any atom is 0.308 e. The van der Waals surface area contributed by atoms with E-state index in [1.54, 1.807) is 18.7 Å². The number of carboxylic acids is 1. The zero-order chi connectivity index (χ0) is 16.9. The van der Waals surface area contributed by atoms with E-state index < -0.39 is 17.9 Å². The number of hydrogen-bond acceptors (Lipinski definition) is 3. The monoisotopic (exact) mass is 312 g/mol. The number of aliphatic carboxylic acids is 1. The second-order valence-corrected chi connectivity index (χ2v) is 6.36. The normalized spacial score (nSPS) is 22.5. The van der Waals surface area contributed by atoms with Crippen LogP contribution in [-0.2, 0) is 14.4 Å². The van der Waals surface area contributed by atoms with Gasteiger partial charge in [0.1, 0.15) is 0 Å². The van der Waals surface area contributed by atoms with Gasteiger partial charge in [0.15, 0.2) is 0 Å². The Bertz CT molecular complexity index is 424. The highest BCUT2D eigenvalue weighted by Gasteiger charge is 2.31. The van der Waals surface area contributed by atoms with E-state index >= 15 is 0 Å². The molecule has 126 valence electrons. The van der Waals surface area contributed by atoms with Gasteiger partial charge in [-0.3, -0.25) is 14.4 Å². The maximum atomic E-state index is 12.3. The van der Waals surface area contributed by atoms with E-state index in [1.807, 2.05) is 13.8 Å². The van der Waals surface area contributed by atoms with Crippen LogP contribution in [-0.4, -0.2) is 46.9 Å². The molecular weight excluding hydrogens is 284 g/mol. The van der Waals surface area contributed by atoms with E-state index in [-0.39, 0.29) is 23.7 Å². The molecule has 22 heavy (non-hydrogen) atoms. The lowest BCUT2D eigenvalue weighted by Crippen LogP contribution is -2.49. The molecule has 1 rings (SSSR count). The number of carbonyl (C=O) groups excluding carboxylic acids is 2. The fraction of sp³-hybridized carbons (Fsp3) is 0.812. The van der Waals surface area contributed by atoms with Crippen LogP contribution in [0.2, 0.25) is 0 Å². The predicted octanol–water partition coefficient (Wildman–Crippen LogP) is 1.50. The van der Waals surface area contributed by atoms with Crippen LogP contribution in [0.1, 0.15) is 47.0 Å². The first-order chi connectivity index (χ1) is 10.3. The van der Waals surface area contributed by atoms with Crippen LogP contribution >= 0.6 is 0 Å². The highest BCUT2D eigenvalue weighted by molar-refractivity contribution is 5.83. The Morgan fingerprint density at radius 2 is 1.91 bits per heavy atom. The summed E-state index contributed by atoms with van der Waals surface area (Å²) < 4.78 is 0. The molecule has 6 nitrogen and oxygen atoms in total. The summed E-state index contributed by atoms with van der Waals surface area (Å²) in [4.78, 5) is 37.2. The summed E-state index contributed by atoms with van der Waals surface area (Å²) in [6, 6.07) is -0.425. The number of nitrogens with zero attached hydrogens (tertiary/aromatic N) is 1. The highest BCUT2D eigenvalue weighted by atomic mass is 16.4. The second kappa shape index (κ2) is 8.15. The Morgan fingerprint density at radius 1 is 1.27 bits per heavy atom. The van der Waals surface area contributed by atoms with Crippen LogP contribution in [0.15, 0.2) is 0 Å². The van der Waals surface area contributed by atoms with Gasteiger partial charge < -0.3 is 15.3 Å². The lowest BCUT2D eigenvalue weighted by molar-refractivity contribution is -0.142. The first kappa shape index (κ1) is 18.5. The van der Waals surface area contributed by atoms with Gasteiger partial charge in [-0.1, -0.05) is 13.8 Å². The summed E-state index contributed by atoms with van der Waals surface area (Å²) in [6.07, 6.45) is 2.34. The number of carbonyl (C=O) groups is 3. The summed E-state index contributed by atoms with van der Waals surface area (Å²) in [7, 11) is 0. The Labute approximate surface area is 132 Å². The lowest BCUT2D eigenvalue weighted by Gasteiger charge is -2.34. The molecule has 1 aliphatic rings. The summed E-state index contributed by atoms with van der Waals surface area (Å²) in [5, 5.41) is 11.8. The van der Waals surface area contributed by atoms with Gasteiger partial charge in [0.05, 0.1) is 11.8 Å². The standard InChI is InChI=1S/C16H28N2O4/c1-5-10(2)15(20)18-8-6-7-13(9-18)14(19)17-12(4)11(3)16(21)22/h10-13H,5-9H2,1-4H3,(H,17,19)(H,21,22). The molecule has 1 saturated heterocycles. The van der Waals surface area contributed by atoms with Gasteiger partial charge in [-0.05, 0) is 33.1 Å². The van der Waals surface area contributed by atoms with Crippen LogP contribution in [0.3, 0.4) is 0 Å². The van der Waals surface area contributed by atoms with Crippen molar-refractivity contribution in [2.75, 3.05) is 13.1 Å². The molecule has 4 unspecified atom stereocenters. The van der Waals surface area contributed by atoms with Crippen molar-refractivity contribution >= 4 is 17.8 Å². The zero-order valence-corrected chi connectivity index (χ0v) is 14.0. The molecule has 1 fully saturated rings. The quantitative estimate of drug-likeness (QED) is 0.778. The number of rotatable bonds is 6. The van der Waals surface area contributed by atoms with Crippen LogP contribution < -0.4 is 5.32 Å². The smallest absolute Gasteiger partial charge is 0.308 e. The SMILES string of the molecule is CCC(C)C(=O)N1CCCC(C(=O)NC(C)C(C)C(=O)O)C1. The third kappa shape index (κ3) is 4.71. The molecule has 1 heterocycles. The van der Waals surface area contributed by atoms with Crippen LogP contribution in [0, 0.1) is 17.8 Å². The molecule has 0 spiro atoms. The van der Waals surface area contributed by atoms with Gasteiger partial charge in [0.25, 0.3) is 0 Å². The topological polar surface area (TPSA) is 86.7 Å². The van der Waals surface area contributed by atoms with Crippen molar-refractivity contribution in [3.63, 3.8) is 0 Å². The van der Waals surface area contributed by atoms with Crippen LogP contribution in [0.5, 0.6) is 0 Å². The van der Waals surface area contributed by atoms with Crippen molar-refractivity contribution in [2.24, 2.45) is 17.8 Å². The van der Waals surface area contributed by atoms with Gasteiger partial charge in [-0.25, -0.2) is 0 Å². The number of amides is 2. The van der Waals surface area contributed by atoms with Gasteiger partial charge in [-0.2, -0.15) is 0 Å². The number of piperidine rings is 1. The maximum absolute atomic E-state index is 12.3. The molecule has 0 aliphatic carbocycles. The molecular formula is C16H28N2O4. The largest absolute Gasteiger partial charge is 0.481 e. The summed E-state index contributed by atoms with van der Waals surface area (Å²) in [5.74, 6) is -1.87. The predicted molar refractivity (Wildman–Crippen MR) is 83.2 cm³/mol. The number of carboxylic acid groups (broad SMARTS) is 1. The molecule has 4 atom stereocenters. The molecule has 0 bridgehead atoms. The molecule has 0 saturated carbocycles.